The lowest BCUT2D eigenvalue weighted by molar-refractivity contribution is -0.223. The zero-order valence-electron chi connectivity index (χ0n) is 5.07. The highest BCUT2D eigenvalue weighted by Gasteiger charge is 2.52. The Morgan fingerprint density at radius 3 is 1.80 bits per heavy atom. The third kappa shape index (κ3) is 1.57. The van der Waals surface area contributed by atoms with Gasteiger partial charge in [0.15, 0.2) is 0 Å². The third-order valence-electron chi connectivity index (χ3n) is 1.03. The first kappa shape index (κ1) is 9.64. The summed E-state index contributed by atoms with van der Waals surface area (Å²) in [6.07, 6.45) is -4.79. The van der Waals surface area contributed by atoms with Crippen molar-refractivity contribution in [2.45, 2.75) is 18.7 Å². The molecular weight excluding hydrogens is 167 g/mol. The van der Waals surface area contributed by atoms with Crippen LogP contribution in [0.4, 0.5) is 13.2 Å². The molecule has 0 aliphatic carbocycles. The molecule has 0 aliphatic rings. The Labute approximate surface area is 60.8 Å². The van der Waals surface area contributed by atoms with Crippen LogP contribution in [0.15, 0.2) is 0 Å². The monoisotopic (exact) mass is 173 g/mol. The Kier molecular flexibility index (Phi) is 2.27. The predicted octanol–water partition coefficient (Wildman–Crippen LogP) is 0.586. The van der Waals surface area contributed by atoms with Crippen LogP contribution in [-0.2, 0) is 0 Å². The second-order valence-electron chi connectivity index (χ2n) is 1.93. The first-order chi connectivity index (χ1) is 4.19. The van der Waals surface area contributed by atoms with Crippen LogP contribution in [0.1, 0.15) is 6.92 Å². The molecule has 3 N–H and O–H groups in total. The van der Waals surface area contributed by atoms with Crippen molar-refractivity contribution in [2.24, 2.45) is 5.73 Å². The normalized spacial score (nSPS) is 18.1. The number of hydrogen-bond acceptors (Lipinski definition) is 2. The van der Waals surface area contributed by atoms with Gasteiger partial charge in [-0.15, -0.1) is 0 Å². The molecule has 0 spiro atoms. The van der Waals surface area contributed by atoms with Gasteiger partial charge in [-0.1, -0.05) is 12.2 Å². The minimum atomic E-state index is -4.79. The molecule has 0 aromatic rings. The molecule has 0 saturated heterocycles. The van der Waals surface area contributed by atoms with Crippen LogP contribution in [0.3, 0.4) is 0 Å². The van der Waals surface area contributed by atoms with Gasteiger partial charge >= 0.3 is 6.18 Å². The van der Waals surface area contributed by atoms with E-state index in [4.69, 9.17) is 5.11 Å². The zero-order valence-corrected chi connectivity index (χ0v) is 5.88. The summed E-state index contributed by atoms with van der Waals surface area (Å²) in [6.45, 7) is 0.509. The van der Waals surface area contributed by atoms with E-state index in [1.807, 2.05) is 0 Å². The summed E-state index contributed by atoms with van der Waals surface area (Å²) >= 11 is 3.99. The van der Waals surface area contributed by atoms with E-state index in [0.717, 1.165) is 0 Å². The van der Waals surface area contributed by atoms with E-state index < -0.39 is 16.8 Å². The number of hydrogen-bond donors (Lipinski definition) is 2. The van der Waals surface area contributed by atoms with E-state index in [2.05, 4.69) is 18.0 Å². The predicted molar refractivity (Wildman–Crippen MR) is 33.5 cm³/mol. The van der Waals surface area contributed by atoms with Crippen molar-refractivity contribution in [3.8, 4) is 0 Å². The smallest absolute Gasteiger partial charge is 0.391 e. The maximum absolute atomic E-state index is 11.7. The number of rotatable bonds is 1. The summed E-state index contributed by atoms with van der Waals surface area (Å²) in [6, 6.07) is 0. The van der Waals surface area contributed by atoms with Crippen molar-refractivity contribution in [3.05, 3.63) is 0 Å². The largest absolute Gasteiger partial charge is 0.423 e. The Morgan fingerprint density at radius 2 is 1.80 bits per heavy atom. The summed E-state index contributed by atoms with van der Waals surface area (Å²) in [5.74, 6) is 0. The average molecular weight is 173 g/mol. The topological polar surface area (TPSA) is 46.2 Å². The fourth-order valence-electron chi connectivity index (χ4n) is 0.140. The van der Waals surface area contributed by atoms with Gasteiger partial charge in [-0.3, -0.25) is 0 Å². The first-order valence-corrected chi connectivity index (χ1v) is 2.69. The molecule has 1 atom stereocenters. The van der Waals surface area contributed by atoms with Crippen LogP contribution >= 0.6 is 12.2 Å². The standard InChI is InChI=1S/C4H6F3NOS/c1-3(9,2(8)10)4(5,6)7/h9H,1H3,(H2,8,10)/t3-/m0/s1. The Bertz CT molecular complexity index is 153. The number of halogens is 3. The average Bonchev–Trinajstić information content (AvgIpc) is 1.62. The van der Waals surface area contributed by atoms with Crippen molar-refractivity contribution in [1.29, 1.82) is 0 Å². The van der Waals surface area contributed by atoms with Crippen LogP contribution in [0, 0.1) is 0 Å². The van der Waals surface area contributed by atoms with Crippen LogP contribution < -0.4 is 5.73 Å². The molecule has 10 heavy (non-hydrogen) atoms. The maximum Gasteiger partial charge on any atom is 0.423 e. The first-order valence-electron chi connectivity index (χ1n) is 2.28. The quantitative estimate of drug-likeness (QED) is 0.570. The van der Waals surface area contributed by atoms with Gasteiger partial charge in [-0.2, -0.15) is 13.2 Å². The van der Waals surface area contributed by atoms with Crippen LogP contribution in [0.5, 0.6) is 0 Å². The minimum Gasteiger partial charge on any atom is -0.391 e. The Morgan fingerprint density at radius 1 is 1.50 bits per heavy atom. The summed E-state index contributed by atoms with van der Waals surface area (Å²) in [5.41, 5.74) is 1.56. The molecule has 0 radical (unpaired) electrons. The van der Waals surface area contributed by atoms with Gasteiger partial charge in [0.05, 0.1) is 0 Å². The molecule has 60 valence electrons. The van der Waals surface area contributed by atoms with E-state index in [9.17, 15) is 13.2 Å². The molecule has 0 aromatic carbocycles. The molecule has 0 amide bonds. The van der Waals surface area contributed by atoms with E-state index in [1.54, 1.807) is 0 Å². The summed E-state index contributed by atoms with van der Waals surface area (Å²) in [7, 11) is 0. The van der Waals surface area contributed by atoms with Gasteiger partial charge in [-0.05, 0) is 6.92 Å². The summed E-state index contributed by atoms with van der Waals surface area (Å²) in [5, 5.41) is 8.54. The molecule has 0 heterocycles. The lowest BCUT2D eigenvalue weighted by Gasteiger charge is -2.24. The summed E-state index contributed by atoms with van der Waals surface area (Å²) in [4.78, 5) is -0.972. The summed E-state index contributed by atoms with van der Waals surface area (Å²) < 4.78 is 35.0. The minimum absolute atomic E-state index is 0.509. The van der Waals surface area contributed by atoms with Crippen LogP contribution in [0.25, 0.3) is 0 Å². The van der Waals surface area contributed by atoms with Crippen LogP contribution in [-0.4, -0.2) is 21.9 Å². The molecule has 0 aromatic heterocycles. The number of thiocarbonyl (C=S) groups is 1. The second-order valence-corrected chi connectivity index (χ2v) is 2.37. The fraction of sp³-hybridized carbons (Fsp3) is 0.750. The van der Waals surface area contributed by atoms with Gasteiger partial charge in [0.1, 0.15) is 4.99 Å². The van der Waals surface area contributed by atoms with Gasteiger partial charge in [0.2, 0.25) is 5.60 Å². The molecule has 2 nitrogen and oxygen atoms in total. The van der Waals surface area contributed by atoms with E-state index in [0.29, 0.717) is 6.92 Å². The van der Waals surface area contributed by atoms with Gasteiger partial charge in [-0.25, -0.2) is 0 Å². The van der Waals surface area contributed by atoms with Gasteiger partial charge in [0.25, 0.3) is 0 Å². The molecule has 0 rings (SSSR count). The van der Waals surface area contributed by atoms with Crippen molar-refractivity contribution >= 4 is 17.2 Å². The van der Waals surface area contributed by atoms with E-state index >= 15 is 0 Å². The zero-order chi connectivity index (χ0) is 8.58. The van der Waals surface area contributed by atoms with Crippen molar-refractivity contribution < 1.29 is 18.3 Å². The highest BCUT2D eigenvalue weighted by molar-refractivity contribution is 7.80. The van der Waals surface area contributed by atoms with Crippen molar-refractivity contribution in [3.63, 3.8) is 0 Å². The number of nitrogens with two attached hydrogens (primary N) is 1. The van der Waals surface area contributed by atoms with Gasteiger partial charge in [0, 0.05) is 0 Å². The maximum atomic E-state index is 11.7. The molecular formula is C4H6F3NOS. The molecule has 6 heteroatoms. The number of alkyl halides is 3. The Balaban J connectivity index is 4.57. The lowest BCUT2D eigenvalue weighted by atomic mass is 10.1. The van der Waals surface area contributed by atoms with Gasteiger partial charge < -0.3 is 10.8 Å². The van der Waals surface area contributed by atoms with Crippen LogP contribution in [0.2, 0.25) is 0 Å². The van der Waals surface area contributed by atoms with E-state index in [1.165, 1.54) is 0 Å². The Hall–Kier alpha value is -0.360. The van der Waals surface area contributed by atoms with Crippen molar-refractivity contribution in [2.75, 3.05) is 0 Å². The molecule has 0 bridgehead atoms. The highest BCUT2D eigenvalue weighted by atomic mass is 32.1. The fourth-order valence-corrected chi connectivity index (χ4v) is 0.255. The molecule has 0 unspecified atom stereocenters. The molecule has 0 aliphatic heterocycles. The molecule has 0 saturated carbocycles. The second kappa shape index (κ2) is 2.35. The van der Waals surface area contributed by atoms with Crippen molar-refractivity contribution in [1.82, 2.24) is 0 Å². The third-order valence-corrected chi connectivity index (χ3v) is 1.43. The lowest BCUT2D eigenvalue weighted by Crippen LogP contribution is -2.51. The molecule has 0 fully saturated rings. The SMILES string of the molecule is C[C@](O)(C(N)=S)C(F)(F)F. The highest BCUT2D eigenvalue weighted by Crippen LogP contribution is 2.29. The van der Waals surface area contributed by atoms with E-state index in [-0.39, 0.29) is 0 Å². The number of aliphatic hydroxyl groups is 1.